The van der Waals surface area contributed by atoms with Gasteiger partial charge in [-0.15, -0.1) is 0 Å². The van der Waals surface area contributed by atoms with Gasteiger partial charge in [0.15, 0.2) is 0 Å². The third-order valence-electron chi connectivity index (χ3n) is 6.21. The largest absolute Gasteiger partial charge is 0.389 e. The fourth-order valence-electron chi connectivity index (χ4n) is 5.33. The maximum absolute atomic E-state index is 12.7. The molecule has 24 heavy (non-hydrogen) atoms. The summed E-state index contributed by atoms with van der Waals surface area (Å²) in [6.07, 6.45) is 11.5. The zero-order chi connectivity index (χ0) is 16.9. The Morgan fingerprint density at radius 3 is 2.33 bits per heavy atom. The lowest BCUT2D eigenvalue weighted by Crippen LogP contribution is -2.57. The van der Waals surface area contributed by atoms with E-state index in [1.807, 2.05) is 0 Å². The second kappa shape index (κ2) is 8.32. The lowest BCUT2D eigenvalue weighted by atomic mass is 9.54. The van der Waals surface area contributed by atoms with Crippen LogP contribution in [0.3, 0.4) is 0 Å². The molecule has 0 atom stereocenters. The average molecular weight is 338 g/mol. The summed E-state index contributed by atoms with van der Waals surface area (Å²) in [5.41, 5.74) is 0. The minimum Gasteiger partial charge on any atom is -0.389 e. The Labute approximate surface area is 144 Å². The van der Waals surface area contributed by atoms with E-state index < -0.39 is 12.4 Å². The number of aliphatic hydroxyl groups is 1. The first-order chi connectivity index (χ1) is 11.7. The number of carbonyl (C=O) groups is 1. The molecular formula is C19H31FN2O2. The molecule has 0 spiro atoms. The van der Waals surface area contributed by atoms with Crippen LogP contribution in [0, 0.1) is 23.7 Å². The summed E-state index contributed by atoms with van der Waals surface area (Å²) in [5, 5.41) is 14.8. The van der Waals surface area contributed by atoms with Crippen molar-refractivity contribution in [2.45, 2.75) is 63.8 Å². The summed E-state index contributed by atoms with van der Waals surface area (Å²) in [6, 6.07) is 0.378. The van der Waals surface area contributed by atoms with E-state index in [1.165, 1.54) is 38.2 Å². The van der Waals surface area contributed by atoms with Crippen molar-refractivity contribution in [2.75, 3.05) is 13.2 Å². The number of hydrogen-bond acceptors (Lipinski definition) is 2. The molecule has 0 saturated heterocycles. The van der Waals surface area contributed by atoms with E-state index in [0.29, 0.717) is 30.8 Å². The minimum atomic E-state index is -0.508. The molecule has 136 valence electrons. The highest BCUT2D eigenvalue weighted by atomic mass is 19.1. The fourth-order valence-corrected chi connectivity index (χ4v) is 5.33. The second-order valence-corrected chi connectivity index (χ2v) is 8.02. The lowest BCUT2D eigenvalue weighted by Gasteiger charge is -2.54. The molecule has 0 aromatic heterocycles. The van der Waals surface area contributed by atoms with Crippen LogP contribution in [-0.4, -0.2) is 30.3 Å². The normalized spacial score (nSPS) is 34.4. The number of amides is 2. The zero-order valence-electron chi connectivity index (χ0n) is 14.5. The average Bonchev–Trinajstić information content (AvgIpc) is 2.56. The molecule has 0 aromatic rings. The number of urea groups is 1. The van der Waals surface area contributed by atoms with E-state index >= 15 is 0 Å². The molecule has 4 bridgehead atoms. The topological polar surface area (TPSA) is 61.4 Å². The molecule has 4 fully saturated rings. The summed E-state index contributed by atoms with van der Waals surface area (Å²) in [5.74, 6) is 2.82. The number of carbonyl (C=O) groups excluding carboxylic acids is 1. The van der Waals surface area contributed by atoms with E-state index in [9.17, 15) is 9.18 Å². The van der Waals surface area contributed by atoms with Gasteiger partial charge in [-0.05, 0) is 75.0 Å². The van der Waals surface area contributed by atoms with Crippen molar-refractivity contribution in [1.29, 1.82) is 0 Å². The van der Waals surface area contributed by atoms with Crippen molar-refractivity contribution in [3.8, 4) is 0 Å². The molecule has 0 aliphatic heterocycles. The smallest absolute Gasteiger partial charge is 0.315 e. The Kier molecular flexibility index (Phi) is 6.14. The lowest BCUT2D eigenvalue weighted by molar-refractivity contribution is -0.00940. The SMILES string of the molecule is O=C(NCCCCCC=C(F)CO)NC1C2CC3CC(C2)CC1C3. The van der Waals surface area contributed by atoms with Crippen molar-refractivity contribution in [1.82, 2.24) is 10.6 Å². The van der Waals surface area contributed by atoms with Gasteiger partial charge in [0.25, 0.3) is 0 Å². The van der Waals surface area contributed by atoms with Gasteiger partial charge < -0.3 is 15.7 Å². The second-order valence-electron chi connectivity index (χ2n) is 8.02. The predicted octanol–water partition coefficient (Wildman–Crippen LogP) is 3.52. The minimum absolute atomic E-state index is 0.0151. The molecule has 4 nitrogen and oxygen atoms in total. The number of halogens is 1. The van der Waals surface area contributed by atoms with Gasteiger partial charge in [0.05, 0.1) is 6.61 Å². The first-order valence-corrected chi connectivity index (χ1v) is 9.65. The van der Waals surface area contributed by atoms with Crippen LogP contribution >= 0.6 is 0 Å². The van der Waals surface area contributed by atoms with Gasteiger partial charge in [0, 0.05) is 12.6 Å². The van der Waals surface area contributed by atoms with Crippen LogP contribution in [0.4, 0.5) is 9.18 Å². The molecular weight excluding hydrogens is 307 g/mol. The van der Waals surface area contributed by atoms with Crippen molar-refractivity contribution in [2.24, 2.45) is 23.7 Å². The van der Waals surface area contributed by atoms with Gasteiger partial charge in [0.1, 0.15) is 5.83 Å². The quantitative estimate of drug-likeness (QED) is 0.593. The summed E-state index contributed by atoms with van der Waals surface area (Å²) < 4.78 is 12.7. The molecule has 3 N–H and O–H groups in total. The van der Waals surface area contributed by atoms with E-state index in [0.717, 1.165) is 31.1 Å². The number of unbranched alkanes of at least 4 members (excludes halogenated alkanes) is 3. The summed E-state index contributed by atoms with van der Waals surface area (Å²) >= 11 is 0. The standard InChI is InChI=1S/C19H31FN2O2/c20-17(12-23)5-3-1-2-4-6-21-19(24)22-18-15-8-13-7-14(10-15)11-16(18)9-13/h5,13-16,18,23H,1-4,6-12H2,(H2,21,22,24). The fraction of sp³-hybridized carbons (Fsp3) is 0.842. The van der Waals surface area contributed by atoms with Crippen molar-refractivity contribution >= 4 is 6.03 Å². The highest BCUT2D eigenvalue weighted by Crippen LogP contribution is 2.53. The zero-order valence-corrected chi connectivity index (χ0v) is 14.5. The van der Waals surface area contributed by atoms with Crippen molar-refractivity contribution in [3.05, 3.63) is 11.9 Å². The number of hydrogen-bond donors (Lipinski definition) is 3. The molecule has 0 heterocycles. The molecule has 4 rings (SSSR count). The number of aliphatic hydroxyl groups excluding tert-OH is 1. The summed E-state index contributed by atoms with van der Waals surface area (Å²) in [6.45, 7) is 0.164. The molecule has 0 unspecified atom stereocenters. The predicted molar refractivity (Wildman–Crippen MR) is 92.1 cm³/mol. The van der Waals surface area contributed by atoms with E-state index in [4.69, 9.17) is 5.11 Å². The van der Waals surface area contributed by atoms with Gasteiger partial charge in [0.2, 0.25) is 0 Å². The van der Waals surface area contributed by atoms with Crippen LogP contribution < -0.4 is 10.6 Å². The van der Waals surface area contributed by atoms with Crippen LogP contribution in [-0.2, 0) is 0 Å². The van der Waals surface area contributed by atoms with Crippen molar-refractivity contribution < 1.29 is 14.3 Å². The van der Waals surface area contributed by atoms with Crippen LogP contribution in [0.25, 0.3) is 0 Å². The summed E-state index contributed by atoms with van der Waals surface area (Å²) in [4.78, 5) is 12.1. The van der Waals surface area contributed by atoms with Gasteiger partial charge in [-0.25, -0.2) is 9.18 Å². The monoisotopic (exact) mass is 338 g/mol. The van der Waals surface area contributed by atoms with Gasteiger partial charge in [-0.3, -0.25) is 0 Å². The Bertz CT molecular complexity index is 438. The van der Waals surface area contributed by atoms with Crippen LogP contribution in [0.2, 0.25) is 0 Å². The Balaban J connectivity index is 1.28. The van der Waals surface area contributed by atoms with Gasteiger partial charge in [-0.1, -0.05) is 12.5 Å². The highest BCUT2D eigenvalue weighted by molar-refractivity contribution is 5.74. The third kappa shape index (κ3) is 4.50. The van der Waals surface area contributed by atoms with E-state index in [2.05, 4.69) is 10.6 Å². The van der Waals surface area contributed by atoms with Crippen LogP contribution in [0.15, 0.2) is 11.9 Å². The Hall–Kier alpha value is -1.10. The number of nitrogens with one attached hydrogen (secondary N) is 2. The van der Waals surface area contributed by atoms with E-state index in [-0.39, 0.29) is 6.03 Å². The highest BCUT2D eigenvalue weighted by Gasteiger charge is 2.48. The molecule has 0 aromatic carbocycles. The Morgan fingerprint density at radius 2 is 1.71 bits per heavy atom. The summed E-state index contributed by atoms with van der Waals surface area (Å²) in [7, 11) is 0. The maximum Gasteiger partial charge on any atom is 0.315 e. The van der Waals surface area contributed by atoms with Crippen molar-refractivity contribution in [3.63, 3.8) is 0 Å². The van der Waals surface area contributed by atoms with Crippen LogP contribution in [0.1, 0.15) is 57.8 Å². The molecule has 2 amide bonds. The molecule has 4 saturated carbocycles. The number of allylic oxidation sites excluding steroid dienone is 1. The number of rotatable bonds is 8. The van der Waals surface area contributed by atoms with Gasteiger partial charge >= 0.3 is 6.03 Å². The molecule has 4 aliphatic carbocycles. The first kappa shape index (κ1) is 17.7. The maximum atomic E-state index is 12.7. The van der Waals surface area contributed by atoms with E-state index in [1.54, 1.807) is 0 Å². The van der Waals surface area contributed by atoms with Crippen LogP contribution in [0.5, 0.6) is 0 Å². The molecule has 4 aliphatic rings. The molecule has 0 radical (unpaired) electrons. The first-order valence-electron chi connectivity index (χ1n) is 9.65. The van der Waals surface area contributed by atoms with Gasteiger partial charge in [-0.2, -0.15) is 0 Å². The molecule has 5 heteroatoms. The third-order valence-corrected chi connectivity index (χ3v) is 6.21. The Morgan fingerprint density at radius 1 is 1.04 bits per heavy atom.